The van der Waals surface area contributed by atoms with Crippen LogP contribution in [0.4, 0.5) is 0 Å². The van der Waals surface area contributed by atoms with Gasteiger partial charge < -0.3 is 5.32 Å². The fourth-order valence-electron chi connectivity index (χ4n) is 3.84. The summed E-state index contributed by atoms with van der Waals surface area (Å²) in [5.41, 5.74) is 1.42. The molecule has 1 aromatic rings. The lowest BCUT2D eigenvalue weighted by Crippen LogP contribution is -2.29. The molecule has 1 saturated carbocycles. The summed E-state index contributed by atoms with van der Waals surface area (Å²) in [7, 11) is -0.806. The van der Waals surface area contributed by atoms with Gasteiger partial charge in [-0.1, -0.05) is 30.3 Å². The fourth-order valence-corrected chi connectivity index (χ4v) is 5.73. The Bertz CT molecular complexity index is 555. The Labute approximate surface area is 121 Å². The van der Waals surface area contributed by atoms with Crippen LogP contribution < -0.4 is 5.32 Å². The Balaban J connectivity index is 1.70. The highest BCUT2D eigenvalue weighted by molar-refractivity contribution is 7.91. The van der Waals surface area contributed by atoms with Gasteiger partial charge in [0.2, 0.25) is 0 Å². The SMILES string of the molecule is CNCC(C1CCS(=O)(=O)C1)C1CC1c1ccccc1. The van der Waals surface area contributed by atoms with Gasteiger partial charge in [-0.3, -0.25) is 0 Å². The van der Waals surface area contributed by atoms with Crippen molar-refractivity contribution in [3.63, 3.8) is 0 Å². The van der Waals surface area contributed by atoms with Crippen molar-refractivity contribution < 1.29 is 8.42 Å². The zero-order valence-electron chi connectivity index (χ0n) is 12.0. The van der Waals surface area contributed by atoms with Gasteiger partial charge in [0.05, 0.1) is 11.5 Å². The lowest BCUT2D eigenvalue weighted by molar-refractivity contribution is 0.310. The molecule has 3 nitrogen and oxygen atoms in total. The van der Waals surface area contributed by atoms with Crippen LogP contribution in [0.5, 0.6) is 0 Å². The number of rotatable bonds is 5. The maximum atomic E-state index is 11.7. The van der Waals surface area contributed by atoms with E-state index in [2.05, 4.69) is 35.6 Å². The summed E-state index contributed by atoms with van der Waals surface area (Å²) in [6.45, 7) is 0.939. The minimum absolute atomic E-state index is 0.353. The minimum atomic E-state index is -2.77. The van der Waals surface area contributed by atoms with E-state index in [0.29, 0.717) is 35.2 Å². The highest BCUT2D eigenvalue weighted by Crippen LogP contribution is 2.54. The van der Waals surface area contributed by atoms with Crippen LogP contribution in [-0.2, 0) is 9.84 Å². The van der Waals surface area contributed by atoms with Crippen LogP contribution in [0, 0.1) is 17.8 Å². The molecular weight excluding hydrogens is 270 g/mol. The Hall–Kier alpha value is -0.870. The predicted molar refractivity (Wildman–Crippen MR) is 81.5 cm³/mol. The van der Waals surface area contributed by atoms with Crippen LogP contribution in [0.25, 0.3) is 0 Å². The molecule has 20 heavy (non-hydrogen) atoms. The molecule has 2 fully saturated rings. The van der Waals surface area contributed by atoms with E-state index in [9.17, 15) is 8.42 Å². The molecule has 4 unspecified atom stereocenters. The molecule has 0 bridgehead atoms. The molecule has 1 aliphatic carbocycles. The molecule has 0 radical (unpaired) electrons. The van der Waals surface area contributed by atoms with E-state index in [0.717, 1.165) is 13.0 Å². The average Bonchev–Trinajstić information content (AvgIpc) is 3.14. The van der Waals surface area contributed by atoms with Crippen LogP contribution in [0.15, 0.2) is 30.3 Å². The molecule has 1 aliphatic heterocycles. The van der Waals surface area contributed by atoms with E-state index < -0.39 is 9.84 Å². The molecular formula is C16H23NO2S. The smallest absolute Gasteiger partial charge is 0.150 e. The van der Waals surface area contributed by atoms with E-state index in [4.69, 9.17) is 0 Å². The molecule has 1 saturated heterocycles. The largest absolute Gasteiger partial charge is 0.319 e. The second-order valence-corrected chi connectivity index (χ2v) is 8.53. The quantitative estimate of drug-likeness (QED) is 0.904. The Morgan fingerprint density at radius 1 is 1.30 bits per heavy atom. The van der Waals surface area contributed by atoms with Crippen molar-refractivity contribution in [1.29, 1.82) is 0 Å². The van der Waals surface area contributed by atoms with Crippen molar-refractivity contribution >= 4 is 9.84 Å². The van der Waals surface area contributed by atoms with Gasteiger partial charge in [-0.15, -0.1) is 0 Å². The van der Waals surface area contributed by atoms with Crippen LogP contribution in [0.2, 0.25) is 0 Å². The lowest BCUT2D eigenvalue weighted by Gasteiger charge is -2.22. The molecule has 1 heterocycles. The summed E-state index contributed by atoms with van der Waals surface area (Å²) in [5, 5.41) is 3.27. The zero-order valence-corrected chi connectivity index (χ0v) is 12.8. The molecule has 0 aromatic heterocycles. The lowest BCUT2D eigenvalue weighted by atomic mass is 9.86. The van der Waals surface area contributed by atoms with Gasteiger partial charge in [-0.2, -0.15) is 0 Å². The molecule has 2 aliphatic rings. The molecule has 1 aromatic carbocycles. The number of hydrogen-bond acceptors (Lipinski definition) is 3. The van der Waals surface area contributed by atoms with Crippen molar-refractivity contribution in [3.8, 4) is 0 Å². The van der Waals surface area contributed by atoms with E-state index in [1.165, 1.54) is 12.0 Å². The van der Waals surface area contributed by atoms with Gasteiger partial charge >= 0.3 is 0 Å². The van der Waals surface area contributed by atoms with Gasteiger partial charge in [-0.25, -0.2) is 8.42 Å². The molecule has 0 spiro atoms. The van der Waals surface area contributed by atoms with Gasteiger partial charge in [0, 0.05) is 0 Å². The Kier molecular flexibility index (Phi) is 3.87. The third-order valence-corrected chi connectivity index (χ3v) is 6.72. The van der Waals surface area contributed by atoms with E-state index in [1.807, 2.05) is 7.05 Å². The van der Waals surface area contributed by atoms with E-state index in [1.54, 1.807) is 0 Å². The topological polar surface area (TPSA) is 46.2 Å². The van der Waals surface area contributed by atoms with Gasteiger partial charge in [-0.05, 0) is 55.7 Å². The maximum Gasteiger partial charge on any atom is 0.150 e. The maximum absolute atomic E-state index is 11.7. The number of nitrogens with one attached hydrogen (secondary N) is 1. The highest BCUT2D eigenvalue weighted by Gasteiger charge is 2.48. The monoisotopic (exact) mass is 293 g/mol. The van der Waals surface area contributed by atoms with Crippen molar-refractivity contribution in [2.24, 2.45) is 17.8 Å². The third kappa shape index (κ3) is 2.91. The molecule has 1 N–H and O–H groups in total. The Morgan fingerprint density at radius 2 is 2.05 bits per heavy atom. The van der Waals surface area contributed by atoms with Gasteiger partial charge in [0.15, 0.2) is 9.84 Å². The zero-order chi connectivity index (χ0) is 14.2. The predicted octanol–water partition coefficient (Wildman–Crippen LogP) is 2.06. The van der Waals surface area contributed by atoms with Crippen molar-refractivity contribution in [3.05, 3.63) is 35.9 Å². The first-order chi connectivity index (χ1) is 9.61. The Morgan fingerprint density at radius 3 is 2.65 bits per heavy atom. The second-order valence-electron chi connectivity index (χ2n) is 6.30. The highest BCUT2D eigenvalue weighted by atomic mass is 32.2. The standard InChI is InChI=1S/C16H23NO2S/c1-17-10-16(13-7-8-20(18,19)11-13)15-9-14(15)12-5-3-2-4-6-12/h2-6,13-17H,7-11H2,1H3. The van der Waals surface area contributed by atoms with Crippen LogP contribution in [0.3, 0.4) is 0 Å². The molecule has 4 heteroatoms. The first kappa shape index (κ1) is 14.1. The van der Waals surface area contributed by atoms with Crippen molar-refractivity contribution in [2.75, 3.05) is 25.1 Å². The van der Waals surface area contributed by atoms with Crippen LogP contribution >= 0.6 is 0 Å². The molecule has 0 amide bonds. The summed E-state index contributed by atoms with van der Waals surface area (Å²) in [6.07, 6.45) is 2.07. The number of benzene rings is 1. The van der Waals surface area contributed by atoms with Gasteiger partial charge in [0.1, 0.15) is 0 Å². The minimum Gasteiger partial charge on any atom is -0.319 e. The summed E-state index contributed by atoms with van der Waals surface area (Å²) in [4.78, 5) is 0. The molecule has 3 rings (SSSR count). The van der Waals surface area contributed by atoms with Crippen LogP contribution in [0.1, 0.15) is 24.3 Å². The summed E-state index contributed by atoms with van der Waals surface area (Å²) < 4.78 is 23.4. The van der Waals surface area contributed by atoms with E-state index in [-0.39, 0.29) is 0 Å². The third-order valence-electron chi connectivity index (χ3n) is 4.93. The first-order valence-corrected chi connectivity index (χ1v) is 9.33. The van der Waals surface area contributed by atoms with Crippen molar-refractivity contribution in [2.45, 2.75) is 18.8 Å². The fraction of sp³-hybridized carbons (Fsp3) is 0.625. The van der Waals surface area contributed by atoms with Crippen molar-refractivity contribution in [1.82, 2.24) is 5.32 Å². The second kappa shape index (κ2) is 5.49. The summed E-state index contributed by atoms with van der Waals surface area (Å²) >= 11 is 0. The van der Waals surface area contributed by atoms with E-state index >= 15 is 0 Å². The summed E-state index contributed by atoms with van der Waals surface area (Å²) in [6, 6.07) is 10.6. The number of hydrogen-bond donors (Lipinski definition) is 1. The first-order valence-electron chi connectivity index (χ1n) is 7.50. The summed E-state index contributed by atoms with van der Waals surface area (Å²) in [5.74, 6) is 2.94. The average molecular weight is 293 g/mol. The molecule has 4 atom stereocenters. The normalized spacial score (nSPS) is 33.0. The number of sulfone groups is 1. The van der Waals surface area contributed by atoms with Crippen LogP contribution in [-0.4, -0.2) is 33.5 Å². The molecule has 110 valence electrons. The van der Waals surface area contributed by atoms with Gasteiger partial charge in [0.25, 0.3) is 0 Å².